The Hall–Kier alpha value is -1.58. The summed E-state index contributed by atoms with van der Waals surface area (Å²) < 4.78 is 62.5. The summed E-state index contributed by atoms with van der Waals surface area (Å²) in [6.45, 7) is 8.11. The van der Waals surface area contributed by atoms with Gasteiger partial charge in [0.25, 0.3) is 0 Å². The maximum absolute atomic E-state index is 13.3. The van der Waals surface area contributed by atoms with E-state index in [0.29, 0.717) is 18.9 Å². The molecule has 0 amide bonds. The van der Waals surface area contributed by atoms with Gasteiger partial charge in [0, 0.05) is 31.4 Å². The van der Waals surface area contributed by atoms with E-state index in [0.717, 1.165) is 37.3 Å². The van der Waals surface area contributed by atoms with Crippen molar-refractivity contribution in [3.63, 3.8) is 0 Å². The Morgan fingerprint density at radius 1 is 1.36 bits per heavy atom. The van der Waals surface area contributed by atoms with Crippen LogP contribution in [0.4, 0.5) is 18.9 Å². The molecule has 0 radical (unpaired) electrons. The SMILES string of the molecule is C=C(C)CN1CCC(Nc2ccc(S(N)(=O)=O)cc2C(F)(F)F)CC1. The average molecular weight is 377 g/mol. The van der Waals surface area contributed by atoms with Crippen LogP contribution in [0.2, 0.25) is 0 Å². The zero-order chi connectivity index (χ0) is 18.8. The Morgan fingerprint density at radius 2 is 1.96 bits per heavy atom. The van der Waals surface area contributed by atoms with Gasteiger partial charge in [-0.1, -0.05) is 12.2 Å². The van der Waals surface area contributed by atoms with Crippen LogP contribution in [0.15, 0.2) is 35.2 Å². The van der Waals surface area contributed by atoms with Crippen molar-refractivity contribution in [3.8, 4) is 0 Å². The molecule has 0 spiro atoms. The predicted octanol–water partition coefficient (Wildman–Crippen LogP) is 2.81. The summed E-state index contributed by atoms with van der Waals surface area (Å²) in [5.74, 6) is 0. The zero-order valence-corrected chi connectivity index (χ0v) is 14.8. The molecule has 1 saturated heterocycles. The molecule has 1 aromatic carbocycles. The molecular formula is C16H22F3N3O2S. The Kier molecular flexibility index (Phi) is 5.80. The molecule has 0 aromatic heterocycles. The summed E-state index contributed by atoms with van der Waals surface area (Å²) in [4.78, 5) is 1.65. The Bertz CT molecular complexity index is 739. The van der Waals surface area contributed by atoms with E-state index in [1.165, 1.54) is 0 Å². The van der Waals surface area contributed by atoms with Gasteiger partial charge in [0.2, 0.25) is 10.0 Å². The number of primary sulfonamides is 1. The van der Waals surface area contributed by atoms with Crippen molar-refractivity contribution in [1.82, 2.24) is 4.90 Å². The first-order valence-corrected chi connectivity index (χ1v) is 9.39. The molecule has 1 fully saturated rings. The first-order valence-electron chi connectivity index (χ1n) is 7.84. The fourth-order valence-electron chi connectivity index (χ4n) is 2.90. The topological polar surface area (TPSA) is 75.4 Å². The largest absolute Gasteiger partial charge is 0.418 e. The minimum absolute atomic E-state index is 0.109. The first kappa shape index (κ1) is 19.7. The number of rotatable bonds is 5. The minimum Gasteiger partial charge on any atom is -0.382 e. The number of benzene rings is 1. The molecule has 2 rings (SSSR count). The monoisotopic (exact) mass is 377 g/mol. The highest BCUT2D eigenvalue weighted by molar-refractivity contribution is 7.89. The van der Waals surface area contributed by atoms with E-state index in [2.05, 4.69) is 16.8 Å². The Morgan fingerprint density at radius 3 is 2.44 bits per heavy atom. The second kappa shape index (κ2) is 7.35. The van der Waals surface area contributed by atoms with Gasteiger partial charge in [-0.05, 0) is 38.0 Å². The molecule has 1 heterocycles. The standard InChI is InChI=1S/C16H22F3N3O2S/c1-11(2)10-22-7-5-12(6-8-22)21-15-4-3-13(25(20,23)24)9-14(15)16(17,18)19/h3-4,9,12,21H,1,5-8,10H2,2H3,(H2,20,23,24). The quantitative estimate of drug-likeness (QED) is 0.774. The van der Waals surface area contributed by atoms with E-state index < -0.39 is 26.7 Å². The van der Waals surface area contributed by atoms with Crippen LogP contribution in [0.25, 0.3) is 0 Å². The van der Waals surface area contributed by atoms with Gasteiger partial charge >= 0.3 is 6.18 Å². The summed E-state index contributed by atoms with van der Waals surface area (Å²) in [5.41, 5.74) is -0.106. The first-order chi connectivity index (χ1) is 11.5. The van der Waals surface area contributed by atoms with Crippen molar-refractivity contribution in [3.05, 3.63) is 35.9 Å². The molecule has 3 N–H and O–H groups in total. The molecule has 140 valence electrons. The second-order valence-electron chi connectivity index (χ2n) is 6.40. The molecule has 0 aliphatic carbocycles. The van der Waals surface area contributed by atoms with E-state index in [4.69, 9.17) is 5.14 Å². The molecule has 1 aliphatic rings. The van der Waals surface area contributed by atoms with Crippen LogP contribution in [0.5, 0.6) is 0 Å². The highest BCUT2D eigenvalue weighted by Crippen LogP contribution is 2.37. The maximum Gasteiger partial charge on any atom is 0.418 e. The maximum atomic E-state index is 13.3. The van der Waals surface area contributed by atoms with Gasteiger partial charge < -0.3 is 5.32 Å². The van der Waals surface area contributed by atoms with Crippen LogP contribution in [-0.2, 0) is 16.2 Å². The second-order valence-corrected chi connectivity index (χ2v) is 7.96. The number of nitrogens with one attached hydrogen (secondary N) is 1. The van der Waals surface area contributed by atoms with Crippen molar-refractivity contribution < 1.29 is 21.6 Å². The lowest BCUT2D eigenvalue weighted by Gasteiger charge is -2.33. The van der Waals surface area contributed by atoms with Crippen LogP contribution in [-0.4, -0.2) is 39.0 Å². The molecule has 0 atom stereocenters. The molecule has 0 unspecified atom stereocenters. The summed E-state index contributed by atoms with van der Waals surface area (Å²) in [5, 5.41) is 7.83. The summed E-state index contributed by atoms with van der Waals surface area (Å²) >= 11 is 0. The number of nitrogens with two attached hydrogens (primary N) is 1. The number of likely N-dealkylation sites (tertiary alicyclic amines) is 1. The van der Waals surface area contributed by atoms with Crippen molar-refractivity contribution in [1.29, 1.82) is 0 Å². The highest BCUT2D eigenvalue weighted by atomic mass is 32.2. The third-order valence-corrected chi connectivity index (χ3v) is 4.98. The lowest BCUT2D eigenvalue weighted by Crippen LogP contribution is -2.40. The van der Waals surface area contributed by atoms with Crippen LogP contribution < -0.4 is 10.5 Å². The zero-order valence-electron chi connectivity index (χ0n) is 13.9. The molecule has 0 saturated carbocycles. The van der Waals surface area contributed by atoms with Crippen LogP contribution in [0.1, 0.15) is 25.3 Å². The fraction of sp³-hybridized carbons (Fsp3) is 0.500. The van der Waals surface area contributed by atoms with Crippen LogP contribution in [0, 0.1) is 0 Å². The number of piperidine rings is 1. The van der Waals surface area contributed by atoms with Gasteiger partial charge in [-0.2, -0.15) is 13.2 Å². The molecule has 25 heavy (non-hydrogen) atoms. The lowest BCUT2D eigenvalue weighted by molar-refractivity contribution is -0.137. The lowest BCUT2D eigenvalue weighted by atomic mass is 10.0. The predicted molar refractivity (Wildman–Crippen MR) is 90.7 cm³/mol. The van der Waals surface area contributed by atoms with E-state index >= 15 is 0 Å². The smallest absolute Gasteiger partial charge is 0.382 e. The van der Waals surface area contributed by atoms with Crippen LogP contribution >= 0.6 is 0 Å². The van der Waals surface area contributed by atoms with Crippen molar-refractivity contribution in [2.45, 2.75) is 36.9 Å². The van der Waals surface area contributed by atoms with Crippen molar-refractivity contribution in [2.75, 3.05) is 25.0 Å². The van der Waals surface area contributed by atoms with Crippen molar-refractivity contribution in [2.24, 2.45) is 5.14 Å². The fourth-order valence-corrected chi connectivity index (χ4v) is 3.44. The number of anilines is 1. The number of alkyl halides is 3. The normalized spacial score (nSPS) is 17.5. The molecule has 1 aromatic rings. The molecule has 1 aliphatic heterocycles. The average Bonchev–Trinajstić information content (AvgIpc) is 2.47. The van der Waals surface area contributed by atoms with Gasteiger partial charge in [0.15, 0.2) is 0 Å². The van der Waals surface area contributed by atoms with Gasteiger partial charge in [-0.15, -0.1) is 0 Å². The van der Waals surface area contributed by atoms with E-state index in [-0.39, 0.29) is 11.7 Å². The van der Waals surface area contributed by atoms with E-state index in [9.17, 15) is 21.6 Å². The summed E-state index contributed by atoms with van der Waals surface area (Å²) in [7, 11) is -4.20. The number of sulfonamides is 1. The highest BCUT2D eigenvalue weighted by Gasteiger charge is 2.35. The van der Waals surface area contributed by atoms with Gasteiger partial charge in [0.05, 0.1) is 10.5 Å². The Labute approximate surface area is 145 Å². The molecule has 0 bridgehead atoms. The molecular weight excluding hydrogens is 355 g/mol. The van der Waals surface area contributed by atoms with Gasteiger partial charge in [-0.3, -0.25) is 4.90 Å². The minimum atomic E-state index is -4.68. The molecule has 9 heteroatoms. The van der Waals surface area contributed by atoms with Gasteiger partial charge in [0.1, 0.15) is 0 Å². The van der Waals surface area contributed by atoms with E-state index in [1.54, 1.807) is 0 Å². The number of hydrogen-bond acceptors (Lipinski definition) is 4. The molecule has 5 nitrogen and oxygen atoms in total. The third kappa shape index (κ3) is 5.45. The number of nitrogens with zero attached hydrogens (tertiary/aromatic N) is 1. The summed E-state index contributed by atoms with van der Waals surface area (Å²) in [6, 6.07) is 2.68. The van der Waals surface area contributed by atoms with E-state index in [1.807, 2.05) is 6.92 Å². The number of halogens is 3. The van der Waals surface area contributed by atoms with Crippen molar-refractivity contribution >= 4 is 15.7 Å². The summed E-state index contributed by atoms with van der Waals surface area (Å²) in [6.07, 6.45) is -3.29. The van der Waals surface area contributed by atoms with Crippen LogP contribution in [0.3, 0.4) is 0 Å². The third-order valence-electron chi connectivity index (χ3n) is 4.07. The van der Waals surface area contributed by atoms with Gasteiger partial charge in [-0.25, -0.2) is 13.6 Å². The Balaban J connectivity index is 2.16. The number of hydrogen-bond donors (Lipinski definition) is 2.